The van der Waals surface area contributed by atoms with Crippen molar-refractivity contribution in [3.8, 4) is 6.07 Å². The van der Waals surface area contributed by atoms with E-state index in [9.17, 15) is 10.1 Å². The number of nitrogens with zero attached hydrogens (tertiary/aromatic N) is 6. The van der Waals surface area contributed by atoms with Gasteiger partial charge in [-0.25, -0.2) is 9.97 Å². The van der Waals surface area contributed by atoms with E-state index in [0.29, 0.717) is 29.0 Å². The van der Waals surface area contributed by atoms with Crippen molar-refractivity contribution in [3.63, 3.8) is 0 Å². The molecule has 2 aromatic heterocycles. The van der Waals surface area contributed by atoms with Crippen LogP contribution in [-0.4, -0.2) is 46.8 Å². The van der Waals surface area contributed by atoms with Crippen molar-refractivity contribution in [2.45, 2.75) is 38.3 Å². The van der Waals surface area contributed by atoms with E-state index in [1.807, 2.05) is 24.3 Å². The minimum Gasteiger partial charge on any atom is -0.357 e. The highest BCUT2D eigenvalue weighted by atomic mass is 16.1. The van der Waals surface area contributed by atoms with E-state index in [1.165, 1.54) is 0 Å². The molecule has 8 heteroatoms. The van der Waals surface area contributed by atoms with Gasteiger partial charge in [0.05, 0.1) is 35.3 Å². The van der Waals surface area contributed by atoms with Crippen LogP contribution in [0.4, 0.5) is 11.8 Å². The summed E-state index contributed by atoms with van der Waals surface area (Å²) >= 11 is 0. The van der Waals surface area contributed by atoms with Gasteiger partial charge in [0.1, 0.15) is 5.82 Å². The smallest absolute Gasteiger partial charge is 0.263 e. The van der Waals surface area contributed by atoms with Gasteiger partial charge in [-0.2, -0.15) is 5.26 Å². The molecular weight excluding hydrogens is 402 g/mol. The van der Waals surface area contributed by atoms with Crippen LogP contribution >= 0.6 is 0 Å². The maximum absolute atomic E-state index is 13.8. The Morgan fingerprint density at radius 2 is 1.91 bits per heavy atom. The highest BCUT2D eigenvalue weighted by molar-refractivity contribution is 5.81. The minimum atomic E-state index is -0.111. The van der Waals surface area contributed by atoms with Crippen LogP contribution < -0.4 is 21.1 Å². The highest BCUT2D eigenvalue weighted by Crippen LogP contribution is 2.24. The molecule has 2 N–H and O–H groups in total. The molecule has 8 nitrogen and oxygen atoms in total. The third-order valence-corrected chi connectivity index (χ3v) is 6.44. The zero-order chi connectivity index (χ0) is 22.1. The molecule has 4 heterocycles. The molecule has 2 aliphatic heterocycles. The van der Waals surface area contributed by atoms with Gasteiger partial charge in [-0.05, 0) is 43.4 Å². The van der Waals surface area contributed by atoms with E-state index >= 15 is 0 Å². The molecule has 0 unspecified atom stereocenters. The van der Waals surface area contributed by atoms with Crippen LogP contribution in [0.5, 0.6) is 0 Å². The SMILES string of the molecule is N#Cc1ccccc1Cn1c(N2CCC[C@H](N)C2)nc2cnc(N3CCCC3)cc2c1=O. The zero-order valence-corrected chi connectivity index (χ0v) is 18.1. The van der Waals surface area contributed by atoms with Gasteiger partial charge in [-0.1, -0.05) is 18.2 Å². The summed E-state index contributed by atoms with van der Waals surface area (Å²) in [6.45, 7) is 3.65. The number of hydrogen-bond donors (Lipinski definition) is 1. The van der Waals surface area contributed by atoms with Crippen LogP contribution in [0.15, 0.2) is 41.3 Å². The van der Waals surface area contributed by atoms with Gasteiger partial charge in [-0.3, -0.25) is 9.36 Å². The average molecular weight is 430 g/mol. The molecule has 0 saturated carbocycles. The van der Waals surface area contributed by atoms with Crippen molar-refractivity contribution in [2.24, 2.45) is 5.73 Å². The van der Waals surface area contributed by atoms with Gasteiger partial charge in [-0.15, -0.1) is 0 Å². The predicted octanol–water partition coefficient (Wildman–Crippen LogP) is 2.24. The van der Waals surface area contributed by atoms with E-state index in [0.717, 1.165) is 56.7 Å². The summed E-state index contributed by atoms with van der Waals surface area (Å²) in [5.41, 5.74) is 8.08. The molecule has 0 radical (unpaired) electrons. The third kappa shape index (κ3) is 3.80. The average Bonchev–Trinajstić information content (AvgIpc) is 3.36. The zero-order valence-electron chi connectivity index (χ0n) is 18.1. The second-order valence-corrected chi connectivity index (χ2v) is 8.67. The summed E-state index contributed by atoms with van der Waals surface area (Å²) in [6, 6.07) is 11.6. The lowest BCUT2D eigenvalue weighted by Gasteiger charge is -2.33. The van der Waals surface area contributed by atoms with Gasteiger partial charge in [0.25, 0.3) is 5.56 Å². The van der Waals surface area contributed by atoms with E-state index in [1.54, 1.807) is 16.8 Å². The van der Waals surface area contributed by atoms with Gasteiger partial charge < -0.3 is 15.5 Å². The standard InChI is InChI=1S/C24H27N7O/c25-13-17-6-1-2-7-18(17)15-31-23(32)20-12-22(29-9-3-4-10-29)27-14-21(20)28-24(31)30-11-5-8-19(26)16-30/h1-2,6-7,12,14,19H,3-5,8-11,15-16,26H2/t19-/m0/s1. The second kappa shape index (κ2) is 8.60. The van der Waals surface area contributed by atoms with Crippen LogP contribution in [0.25, 0.3) is 10.9 Å². The van der Waals surface area contributed by atoms with Crippen molar-refractivity contribution >= 4 is 22.7 Å². The first-order valence-electron chi connectivity index (χ1n) is 11.3. The maximum Gasteiger partial charge on any atom is 0.263 e. The fraction of sp³-hybridized carbons (Fsp3) is 0.417. The monoisotopic (exact) mass is 429 g/mol. The van der Waals surface area contributed by atoms with Gasteiger partial charge in [0.2, 0.25) is 5.95 Å². The Bertz CT molecular complexity index is 1240. The van der Waals surface area contributed by atoms with Crippen LogP contribution in [0, 0.1) is 11.3 Å². The van der Waals surface area contributed by atoms with E-state index in [4.69, 9.17) is 10.7 Å². The summed E-state index contributed by atoms with van der Waals surface area (Å²) in [5.74, 6) is 1.42. The lowest BCUT2D eigenvalue weighted by molar-refractivity contribution is 0.492. The molecule has 1 atom stereocenters. The lowest BCUT2D eigenvalue weighted by atomic mass is 10.1. The quantitative estimate of drug-likeness (QED) is 0.678. The number of nitrogens with two attached hydrogens (primary N) is 1. The molecular formula is C24H27N7O. The molecule has 0 amide bonds. The molecule has 32 heavy (non-hydrogen) atoms. The van der Waals surface area contributed by atoms with Crippen molar-refractivity contribution in [1.82, 2.24) is 14.5 Å². The van der Waals surface area contributed by atoms with Gasteiger partial charge >= 0.3 is 0 Å². The van der Waals surface area contributed by atoms with E-state index < -0.39 is 0 Å². The molecule has 164 valence electrons. The Morgan fingerprint density at radius 3 is 2.69 bits per heavy atom. The fourth-order valence-electron chi connectivity index (χ4n) is 4.73. The third-order valence-electron chi connectivity index (χ3n) is 6.44. The minimum absolute atomic E-state index is 0.0480. The number of benzene rings is 1. The molecule has 2 saturated heterocycles. The largest absolute Gasteiger partial charge is 0.357 e. The molecule has 1 aromatic carbocycles. The van der Waals surface area contributed by atoms with Crippen molar-refractivity contribution in [2.75, 3.05) is 36.0 Å². The molecule has 0 aliphatic carbocycles. The number of aromatic nitrogens is 3. The number of hydrogen-bond acceptors (Lipinski definition) is 7. The van der Waals surface area contributed by atoms with Crippen molar-refractivity contribution in [3.05, 3.63) is 58.0 Å². The number of piperidine rings is 1. The van der Waals surface area contributed by atoms with Crippen LogP contribution in [-0.2, 0) is 6.54 Å². The lowest BCUT2D eigenvalue weighted by Crippen LogP contribution is -2.45. The second-order valence-electron chi connectivity index (χ2n) is 8.67. The predicted molar refractivity (Wildman–Crippen MR) is 125 cm³/mol. The van der Waals surface area contributed by atoms with Gasteiger partial charge in [0, 0.05) is 32.2 Å². The normalized spacial score (nSPS) is 18.8. The Balaban J connectivity index is 1.66. The van der Waals surface area contributed by atoms with Crippen LogP contribution in [0.2, 0.25) is 0 Å². The number of anilines is 2. The summed E-state index contributed by atoms with van der Waals surface area (Å²) in [6.07, 6.45) is 5.91. The highest BCUT2D eigenvalue weighted by Gasteiger charge is 2.24. The molecule has 5 rings (SSSR count). The first-order valence-corrected chi connectivity index (χ1v) is 11.3. The Kier molecular flexibility index (Phi) is 5.50. The molecule has 3 aromatic rings. The fourth-order valence-corrected chi connectivity index (χ4v) is 4.73. The van der Waals surface area contributed by atoms with E-state index in [-0.39, 0.29) is 18.1 Å². The Hall–Kier alpha value is -3.44. The number of fused-ring (bicyclic) bond motifs is 1. The van der Waals surface area contributed by atoms with Crippen molar-refractivity contribution < 1.29 is 0 Å². The first kappa shape index (κ1) is 20.5. The molecule has 0 spiro atoms. The number of pyridine rings is 1. The molecule has 0 bridgehead atoms. The van der Waals surface area contributed by atoms with Crippen LogP contribution in [0.3, 0.4) is 0 Å². The molecule has 2 fully saturated rings. The van der Waals surface area contributed by atoms with Gasteiger partial charge in [0.15, 0.2) is 0 Å². The Labute approximate surface area is 186 Å². The number of nitriles is 1. The van der Waals surface area contributed by atoms with E-state index in [2.05, 4.69) is 20.9 Å². The van der Waals surface area contributed by atoms with Crippen LogP contribution in [0.1, 0.15) is 36.8 Å². The first-order chi connectivity index (χ1) is 15.6. The Morgan fingerprint density at radius 1 is 1.12 bits per heavy atom. The summed E-state index contributed by atoms with van der Waals surface area (Å²) in [5, 5.41) is 10.1. The summed E-state index contributed by atoms with van der Waals surface area (Å²) in [7, 11) is 0. The molecule has 2 aliphatic rings. The summed E-state index contributed by atoms with van der Waals surface area (Å²) in [4.78, 5) is 27.6. The summed E-state index contributed by atoms with van der Waals surface area (Å²) < 4.78 is 1.70. The topological polar surface area (TPSA) is 104 Å². The number of rotatable bonds is 4. The van der Waals surface area contributed by atoms with Crippen molar-refractivity contribution in [1.29, 1.82) is 5.26 Å². The maximum atomic E-state index is 13.8.